The van der Waals surface area contributed by atoms with Crippen LogP contribution >= 0.6 is 0 Å². The predicted octanol–water partition coefficient (Wildman–Crippen LogP) is 2.67. The summed E-state index contributed by atoms with van der Waals surface area (Å²) in [5.74, 6) is 0.352. The average molecular weight is 296 g/mol. The standard InChI is InChI=1S/C17H32N2O2/c1-3-6-17(20)18-12-8-16(9-13-18)19-11-5-4-7-15(19)10-14-21-2/h15-16H,3-14H2,1-2H3/t15-/m1/s1. The zero-order valence-electron chi connectivity index (χ0n) is 13.9. The van der Waals surface area contributed by atoms with Crippen molar-refractivity contribution in [2.75, 3.05) is 33.4 Å². The van der Waals surface area contributed by atoms with Crippen molar-refractivity contribution in [1.82, 2.24) is 9.80 Å². The summed E-state index contributed by atoms with van der Waals surface area (Å²) in [7, 11) is 1.80. The molecule has 0 N–H and O–H groups in total. The van der Waals surface area contributed by atoms with E-state index in [9.17, 15) is 4.79 Å². The van der Waals surface area contributed by atoms with Gasteiger partial charge in [0.05, 0.1) is 0 Å². The number of carbonyl (C=O) groups excluding carboxylic acids is 1. The van der Waals surface area contributed by atoms with Gasteiger partial charge in [0.15, 0.2) is 0 Å². The van der Waals surface area contributed by atoms with E-state index in [0.717, 1.165) is 45.4 Å². The van der Waals surface area contributed by atoms with Crippen LogP contribution in [0.1, 0.15) is 58.3 Å². The molecule has 0 unspecified atom stereocenters. The highest BCUT2D eigenvalue weighted by molar-refractivity contribution is 5.76. The van der Waals surface area contributed by atoms with E-state index >= 15 is 0 Å². The highest BCUT2D eigenvalue weighted by Crippen LogP contribution is 2.27. The molecule has 1 atom stereocenters. The second kappa shape index (κ2) is 8.74. The third-order valence-electron chi connectivity index (χ3n) is 5.08. The smallest absolute Gasteiger partial charge is 0.222 e. The Balaban J connectivity index is 1.83. The maximum atomic E-state index is 12.0. The molecule has 4 nitrogen and oxygen atoms in total. The molecule has 122 valence electrons. The lowest BCUT2D eigenvalue weighted by Gasteiger charge is -2.44. The summed E-state index contributed by atoms with van der Waals surface area (Å²) < 4.78 is 5.28. The van der Waals surface area contributed by atoms with Crippen molar-refractivity contribution in [1.29, 1.82) is 0 Å². The Bertz CT molecular complexity index is 314. The first-order valence-corrected chi connectivity index (χ1v) is 8.78. The molecule has 2 aliphatic heterocycles. The Kier molecular flexibility index (Phi) is 6.97. The topological polar surface area (TPSA) is 32.8 Å². The highest BCUT2D eigenvalue weighted by Gasteiger charge is 2.31. The van der Waals surface area contributed by atoms with Crippen LogP contribution < -0.4 is 0 Å². The summed E-state index contributed by atoms with van der Waals surface area (Å²) in [5, 5.41) is 0. The third-order valence-corrected chi connectivity index (χ3v) is 5.08. The number of amides is 1. The number of nitrogens with zero attached hydrogens (tertiary/aromatic N) is 2. The van der Waals surface area contributed by atoms with Gasteiger partial charge in [-0.15, -0.1) is 0 Å². The van der Waals surface area contributed by atoms with Crippen LogP contribution in [0.25, 0.3) is 0 Å². The summed E-state index contributed by atoms with van der Waals surface area (Å²) >= 11 is 0. The van der Waals surface area contributed by atoms with Crippen LogP contribution in [-0.2, 0) is 9.53 Å². The summed E-state index contributed by atoms with van der Waals surface area (Å²) in [6, 6.07) is 1.37. The van der Waals surface area contributed by atoms with E-state index in [1.165, 1.54) is 25.8 Å². The largest absolute Gasteiger partial charge is 0.385 e. The second-order valence-electron chi connectivity index (χ2n) is 6.53. The highest BCUT2D eigenvalue weighted by atomic mass is 16.5. The van der Waals surface area contributed by atoms with E-state index < -0.39 is 0 Å². The number of ether oxygens (including phenoxy) is 1. The van der Waals surface area contributed by atoms with Crippen molar-refractivity contribution in [3.63, 3.8) is 0 Å². The predicted molar refractivity (Wildman–Crippen MR) is 85.3 cm³/mol. The molecular weight excluding hydrogens is 264 g/mol. The van der Waals surface area contributed by atoms with Gasteiger partial charge in [-0.2, -0.15) is 0 Å². The normalized spacial score (nSPS) is 25.2. The minimum absolute atomic E-state index is 0.352. The molecule has 0 bridgehead atoms. The molecule has 2 saturated heterocycles. The van der Waals surface area contributed by atoms with Gasteiger partial charge in [0.2, 0.25) is 5.91 Å². The van der Waals surface area contributed by atoms with Gasteiger partial charge in [0.25, 0.3) is 0 Å². The zero-order chi connectivity index (χ0) is 15.1. The first-order valence-electron chi connectivity index (χ1n) is 8.78. The lowest BCUT2D eigenvalue weighted by molar-refractivity contribution is -0.133. The Hall–Kier alpha value is -0.610. The number of hydrogen-bond acceptors (Lipinski definition) is 3. The van der Waals surface area contributed by atoms with Gasteiger partial charge < -0.3 is 9.64 Å². The van der Waals surface area contributed by atoms with Crippen LogP contribution in [0.15, 0.2) is 0 Å². The Morgan fingerprint density at radius 1 is 1.14 bits per heavy atom. The average Bonchev–Trinajstić information content (AvgIpc) is 2.53. The van der Waals surface area contributed by atoms with Crippen LogP contribution in [0.3, 0.4) is 0 Å². The SMILES string of the molecule is CCCC(=O)N1CCC(N2CCCC[C@@H]2CCOC)CC1. The quantitative estimate of drug-likeness (QED) is 0.755. The minimum atomic E-state index is 0.352. The zero-order valence-corrected chi connectivity index (χ0v) is 13.9. The lowest BCUT2D eigenvalue weighted by Crippen LogP contribution is -2.52. The first-order chi connectivity index (χ1) is 10.3. The fraction of sp³-hybridized carbons (Fsp3) is 0.941. The molecule has 0 aromatic carbocycles. The molecule has 1 amide bonds. The molecule has 0 aromatic rings. The Morgan fingerprint density at radius 2 is 1.90 bits per heavy atom. The van der Waals surface area contributed by atoms with Crippen LogP contribution in [0, 0.1) is 0 Å². The monoisotopic (exact) mass is 296 g/mol. The number of rotatable bonds is 6. The summed E-state index contributed by atoms with van der Waals surface area (Å²) in [6.07, 6.45) is 9.15. The molecule has 0 radical (unpaired) electrons. The van der Waals surface area contributed by atoms with Gasteiger partial charge >= 0.3 is 0 Å². The number of methoxy groups -OCH3 is 1. The van der Waals surface area contributed by atoms with Gasteiger partial charge in [0.1, 0.15) is 0 Å². The molecular formula is C17H32N2O2. The Labute approximate surface area is 129 Å². The van der Waals surface area contributed by atoms with Crippen molar-refractivity contribution < 1.29 is 9.53 Å². The maximum Gasteiger partial charge on any atom is 0.222 e. The van der Waals surface area contributed by atoms with Crippen molar-refractivity contribution >= 4 is 5.91 Å². The fourth-order valence-electron chi connectivity index (χ4n) is 3.89. The van der Waals surface area contributed by atoms with Crippen LogP contribution in [0.2, 0.25) is 0 Å². The minimum Gasteiger partial charge on any atom is -0.385 e. The molecule has 21 heavy (non-hydrogen) atoms. The van der Waals surface area contributed by atoms with Crippen molar-refractivity contribution in [3.05, 3.63) is 0 Å². The fourth-order valence-corrected chi connectivity index (χ4v) is 3.89. The van der Waals surface area contributed by atoms with Gasteiger partial charge in [-0.3, -0.25) is 9.69 Å². The van der Waals surface area contributed by atoms with E-state index in [1.807, 2.05) is 0 Å². The second-order valence-corrected chi connectivity index (χ2v) is 6.53. The van der Waals surface area contributed by atoms with Crippen LogP contribution in [0.5, 0.6) is 0 Å². The van der Waals surface area contributed by atoms with E-state index in [-0.39, 0.29) is 0 Å². The third kappa shape index (κ3) is 4.68. The molecule has 2 fully saturated rings. The van der Waals surface area contributed by atoms with E-state index in [4.69, 9.17) is 4.74 Å². The van der Waals surface area contributed by atoms with Gasteiger partial charge in [-0.1, -0.05) is 13.3 Å². The van der Waals surface area contributed by atoms with Crippen LogP contribution in [-0.4, -0.2) is 61.1 Å². The van der Waals surface area contributed by atoms with E-state index in [1.54, 1.807) is 7.11 Å². The molecule has 0 saturated carbocycles. The van der Waals surface area contributed by atoms with E-state index in [2.05, 4.69) is 16.7 Å². The molecule has 2 rings (SSSR count). The summed E-state index contributed by atoms with van der Waals surface area (Å²) in [5.41, 5.74) is 0. The van der Waals surface area contributed by atoms with Crippen molar-refractivity contribution in [2.24, 2.45) is 0 Å². The van der Waals surface area contributed by atoms with Gasteiger partial charge in [-0.25, -0.2) is 0 Å². The molecule has 0 aromatic heterocycles. The molecule has 2 aliphatic rings. The summed E-state index contributed by atoms with van der Waals surface area (Å²) in [4.78, 5) is 16.8. The molecule has 0 spiro atoms. The lowest BCUT2D eigenvalue weighted by atomic mass is 9.93. The molecule has 4 heteroatoms. The summed E-state index contributed by atoms with van der Waals surface area (Å²) in [6.45, 7) is 6.10. The Morgan fingerprint density at radius 3 is 2.57 bits per heavy atom. The van der Waals surface area contributed by atoms with Crippen molar-refractivity contribution in [2.45, 2.75) is 70.4 Å². The van der Waals surface area contributed by atoms with Gasteiger partial charge in [-0.05, 0) is 45.1 Å². The van der Waals surface area contributed by atoms with Crippen molar-refractivity contribution in [3.8, 4) is 0 Å². The van der Waals surface area contributed by atoms with Gasteiger partial charge in [0, 0.05) is 45.3 Å². The molecule has 2 heterocycles. The number of hydrogen-bond donors (Lipinski definition) is 0. The molecule has 0 aliphatic carbocycles. The number of likely N-dealkylation sites (tertiary alicyclic amines) is 2. The van der Waals surface area contributed by atoms with E-state index in [0.29, 0.717) is 24.4 Å². The first kappa shape index (κ1) is 16.8. The van der Waals surface area contributed by atoms with Crippen LogP contribution in [0.4, 0.5) is 0 Å². The number of piperidine rings is 2. The number of carbonyl (C=O) groups is 1. The maximum absolute atomic E-state index is 12.0.